The zero-order valence-corrected chi connectivity index (χ0v) is 11.9. The van der Waals surface area contributed by atoms with Crippen LogP contribution >= 0.6 is 0 Å². The molecule has 1 aliphatic rings. The summed E-state index contributed by atoms with van der Waals surface area (Å²) in [4.78, 5) is 14.8. The molecule has 2 atom stereocenters. The zero-order valence-electron chi connectivity index (χ0n) is 11.9. The second-order valence-corrected chi connectivity index (χ2v) is 5.48. The van der Waals surface area contributed by atoms with E-state index in [-0.39, 0.29) is 11.3 Å². The van der Waals surface area contributed by atoms with Gasteiger partial charge in [0.2, 0.25) is 0 Å². The van der Waals surface area contributed by atoms with Gasteiger partial charge in [-0.15, -0.1) is 0 Å². The molecule has 2 rings (SSSR count). The van der Waals surface area contributed by atoms with Gasteiger partial charge in [-0.05, 0) is 32.1 Å². The molecule has 6 nitrogen and oxygen atoms in total. The van der Waals surface area contributed by atoms with Gasteiger partial charge >= 0.3 is 0 Å². The van der Waals surface area contributed by atoms with E-state index >= 15 is 0 Å². The lowest BCUT2D eigenvalue weighted by Gasteiger charge is -2.23. The van der Waals surface area contributed by atoms with Gasteiger partial charge in [0.15, 0.2) is 0 Å². The highest BCUT2D eigenvalue weighted by molar-refractivity contribution is 5.60. The maximum atomic E-state index is 11.0. The molecule has 20 heavy (non-hydrogen) atoms. The molecule has 1 aromatic rings. The molecule has 0 aromatic heterocycles. The van der Waals surface area contributed by atoms with Crippen molar-refractivity contribution in [2.45, 2.75) is 13.0 Å². The first-order valence-electron chi connectivity index (χ1n) is 6.54. The number of hydrogen-bond donors (Lipinski definition) is 0. The van der Waals surface area contributed by atoms with Crippen LogP contribution in [0, 0.1) is 27.4 Å². The highest BCUT2D eigenvalue weighted by Crippen LogP contribution is 2.30. The predicted octanol–water partition coefficient (Wildman–Crippen LogP) is 1.85. The summed E-state index contributed by atoms with van der Waals surface area (Å²) in [7, 11) is 4.10. The minimum atomic E-state index is -0.495. The van der Waals surface area contributed by atoms with Crippen molar-refractivity contribution in [1.29, 1.82) is 5.26 Å². The molecular formula is C14H18N4O2. The van der Waals surface area contributed by atoms with Gasteiger partial charge in [-0.25, -0.2) is 0 Å². The van der Waals surface area contributed by atoms with Crippen molar-refractivity contribution >= 4 is 11.4 Å². The Morgan fingerprint density at radius 3 is 2.65 bits per heavy atom. The van der Waals surface area contributed by atoms with Crippen molar-refractivity contribution in [3.8, 4) is 6.07 Å². The molecule has 0 radical (unpaired) electrons. The molecule has 1 heterocycles. The number of rotatable bonds is 3. The summed E-state index contributed by atoms with van der Waals surface area (Å²) in [5, 5.41) is 19.9. The van der Waals surface area contributed by atoms with Crippen LogP contribution in [0.4, 0.5) is 11.4 Å². The van der Waals surface area contributed by atoms with Gasteiger partial charge in [0, 0.05) is 30.9 Å². The van der Waals surface area contributed by atoms with Gasteiger partial charge in [-0.3, -0.25) is 10.1 Å². The number of benzene rings is 1. The maximum Gasteiger partial charge on any atom is 0.289 e. The van der Waals surface area contributed by atoms with Crippen LogP contribution in [0.3, 0.4) is 0 Å². The lowest BCUT2D eigenvalue weighted by Crippen LogP contribution is -2.34. The van der Waals surface area contributed by atoms with Crippen LogP contribution in [-0.4, -0.2) is 43.0 Å². The van der Waals surface area contributed by atoms with Crippen molar-refractivity contribution in [2.75, 3.05) is 32.1 Å². The summed E-state index contributed by atoms with van der Waals surface area (Å²) in [6, 6.07) is 7.12. The summed E-state index contributed by atoms with van der Waals surface area (Å²) in [6.07, 6.45) is 0. The fourth-order valence-corrected chi connectivity index (χ4v) is 2.79. The van der Waals surface area contributed by atoms with E-state index in [1.807, 2.05) is 20.2 Å². The molecule has 1 aromatic carbocycles. The number of nitriles is 1. The smallest absolute Gasteiger partial charge is 0.289 e. The minimum absolute atomic E-state index is 0.107. The normalized spacial score (nSPS) is 22.1. The van der Waals surface area contributed by atoms with Crippen molar-refractivity contribution in [3.05, 3.63) is 33.9 Å². The van der Waals surface area contributed by atoms with Gasteiger partial charge in [-0.2, -0.15) is 5.26 Å². The second kappa shape index (κ2) is 5.47. The van der Waals surface area contributed by atoms with Crippen molar-refractivity contribution < 1.29 is 4.92 Å². The van der Waals surface area contributed by atoms with Crippen molar-refractivity contribution in [2.24, 2.45) is 5.92 Å². The summed E-state index contributed by atoms with van der Waals surface area (Å²) in [6.45, 7) is 3.89. The molecule has 1 saturated heterocycles. The maximum absolute atomic E-state index is 11.0. The van der Waals surface area contributed by atoms with E-state index in [1.54, 1.807) is 6.07 Å². The topological polar surface area (TPSA) is 73.4 Å². The summed E-state index contributed by atoms with van der Waals surface area (Å²) < 4.78 is 0. The summed E-state index contributed by atoms with van der Waals surface area (Å²) in [5.41, 5.74) is 0.799. The van der Waals surface area contributed by atoms with Crippen molar-refractivity contribution in [1.82, 2.24) is 4.90 Å². The Morgan fingerprint density at radius 1 is 1.45 bits per heavy atom. The van der Waals surface area contributed by atoms with E-state index in [0.717, 1.165) is 18.8 Å². The lowest BCUT2D eigenvalue weighted by molar-refractivity contribution is -0.385. The first-order chi connectivity index (χ1) is 9.43. The molecule has 106 valence electrons. The van der Waals surface area contributed by atoms with E-state index in [1.165, 1.54) is 12.1 Å². The molecule has 1 fully saturated rings. The quantitative estimate of drug-likeness (QED) is 0.621. The fourth-order valence-electron chi connectivity index (χ4n) is 2.79. The molecular weight excluding hydrogens is 256 g/mol. The Morgan fingerprint density at radius 2 is 2.15 bits per heavy atom. The Kier molecular flexibility index (Phi) is 3.91. The molecule has 0 aliphatic carbocycles. The van der Waals surface area contributed by atoms with E-state index in [0.29, 0.717) is 12.0 Å². The standard InChI is InChI=1S/C14H18N4O2/c1-10-8-17(9-14(10)16(2)3)12-5-4-11(7-15)13(6-12)18(19)20/h4-6,10,14H,8-9H2,1-3H3. The Balaban J connectivity index is 2.29. The molecule has 6 heteroatoms. The summed E-state index contributed by atoms with van der Waals surface area (Å²) in [5.74, 6) is 0.500. The van der Waals surface area contributed by atoms with Gasteiger partial charge in [0.25, 0.3) is 5.69 Å². The van der Waals surface area contributed by atoms with Crippen molar-refractivity contribution in [3.63, 3.8) is 0 Å². The molecule has 2 unspecified atom stereocenters. The predicted molar refractivity (Wildman–Crippen MR) is 76.7 cm³/mol. The molecule has 1 aliphatic heterocycles. The van der Waals surface area contributed by atoms with Crippen LogP contribution in [0.2, 0.25) is 0 Å². The highest BCUT2D eigenvalue weighted by atomic mass is 16.6. The molecule has 0 bridgehead atoms. The van der Waals surface area contributed by atoms with E-state index in [2.05, 4.69) is 16.7 Å². The largest absolute Gasteiger partial charge is 0.369 e. The Labute approximate surface area is 118 Å². The number of nitrogens with zero attached hydrogens (tertiary/aromatic N) is 4. The first kappa shape index (κ1) is 14.3. The van der Waals surface area contributed by atoms with Gasteiger partial charge in [0.1, 0.15) is 11.6 Å². The highest BCUT2D eigenvalue weighted by Gasteiger charge is 2.31. The average molecular weight is 274 g/mol. The monoisotopic (exact) mass is 274 g/mol. The third-order valence-corrected chi connectivity index (χ3v) is 3.90. The second-order valence-electron chi connectivity index (χ2n) is 5.48. The van der Waals surface area contributed by atoms with Gasteiger partial charge < -0.3 is 9.80 Å². The van der Waals surface area contributed by atoms with E-state index in [9.17, 15) is 10.1 Å². The van der Waals surface area contributed by atoms with Crippen LogP contribution < -0.4 is 4.90 Å². The third-order valence-electron chi connectivity index (χ3n) is 3.90. The van der Waals surface area contributed by atoms with Crippen LogP contribution in [0.5, 0.6) is 0 Å². The average Bonchev–Trinajstić information content (AvgIpc) is 2.80. The SMILES string of the molecule is CC1CN(c2ccc(C#N)c([N+](=O)[O-])c2)CC1N(C)C. The van der Waals surface area contributed by atoms with E-state index < -0.39 is 4.92 Å². The zero-order chi connectivity index (χ0) is 14.9. The molecule has 0 N–H and O–H groups in total. The Bertz CT molecular complexity index is 565. The Hall–Kier alpha value is -2.13. The van der Waals surface area contributed by atoms with Gasteiger partial charge in [0.05, 0.1) is 4.92 Å². The number of anilines is 1. The lowest BCUT2D eigenvalue weighted by atomic mass is 10.1. The fraction of sp³-hybridized carbons (Fsp3) is 0.500. The van der Waals surface area contributed by atoms with Crippen LogP contribution in [-0.2, 0) is 0 Å². The summed E-state index contributed by atoms with van der Waals surface area (Å²) >= 11 is 0. The molecule has 0 saturated carbocycles. The van der Waals surface area contributed by atoms with Gasteiger partial charge in [-0.1, -0.05) is 6.92 Å². The number of nitro benzene ring substituents is 1. The van der Waals surface area contributed by atoms with E-state index in [4.69, 9.17) is 5.26 Å². The van der Waals surface area contributed by atoms with Crippen LogP contribution in [0.25, 0.3) is 0 Å². The number of nitro groups is 1. The number of likely N-dealkylation sites (N-methyl/N-ethyl adjacent to an activating group) is 1. The molecule has 0 amide bonds. The van der Waals surface area contributed by atoms with Crippen LogP contribution in [0.1, 0.15) is 12.5 Å². The van der Waals surface area contributed by atoms with Crippen LogP contribution in [0.15, 0.2) is 18.2 Å². The number of hydrogen-bond acceptors (Lipinski definition) is 5. The third kappa shape index (κ3) is 2.58. The first-order valence-corrected chi connectivity index (χ1v) is 6.54. The molecule has 0 spiro atoms. The minimum Gasteiger partial charge on any atom is -0.369 e.